The second-order valence-electron chi connectivity index (χ2n) is 8.87. The molecule has 9 heteroatoms. The molecule has 182 valence electrons. The van der Waals surface area contributed by atoms with Crippen LogP contribution in [0.3, 0.4) is 0 Å². The highest BCUT2D eigenvalue weighted by molar-refractivity contribution is 5.88. The first kappa shape index (κ1) is 24.2. The standard InChI is InChI=1S/C25H24F4O5/c1-12-10-14(26)4-8-18(12)25(28,29)21(31)9-7-15-16-5-2-13-3-6-17(24(32)33)22(27)23(13)34-20(16)11-19(15)30/h3-4,6-10,15-16,19-21,30-31H,2,5,11H2,1H3,(H,32,33)/b9-7+/t15-,16-,19-,20+,21?/m1/s1. The second kappa shape index (κ2) is 9.03. The van der Waals surface area contributed by atoms with E-state index in [-0.39, 0.29) is 23.7 Å². The number of ether oxygens (including phenoxy) is 1. The van der Waals surface area contributed by atoms with Crippen LogP contribution in [0.1, 0.15) is 39.9 Å². The molecule has 2 aromatic carbocycles. The van der Waals surface area contributed by atoms with Gasteiger partial charge in [0.05, 0.1) is 11.7 Å². The predicted octanol–water partition coefficient (Wildman–Crippen LogP) is 4.37. The number of carbonyl (C=O) groups is 1. The van der Waals surface area contributed by atoms with Gasteiger partial charge < -0.3 is 20.1 Å². The molecular weight excluding hydrogens is 456 g/mol. The SMILES string of the molecule is Cc1cc(F)ccc1C(F)(F)C(O)/C=C/[C@@H]1[C@H]2CCc3ccc(C(=O)O)c(F)c3O[C@H]2C[C@H]1O. The zero-order chi connectivity index (χ0) is 24.8. The van der Waals surface area contributed by atoms with E-state index in [2.05, 4.69) is 0 Å². The van der Waals surface area contributed by atoms with Crippen molar-refractivity contribution in [2.45, 2.75) is 50.4 Å². The van der Waals surface area contributed by atoms with Crippen LogP contribution >= 0.6 is 0 Å². The Bertz CT molecular complexity index is 1130. The number of aliphatic hydroxyl groups excluding tert-OH is 2. The number of halogens is 4. The van der Waals surface area contributed by atoms with Crippen LogP contribution in [-0.4, -0.2) is 39.6 Å². The van der Waals surface area contributed by atoms with E-state index < -0.39 is 58.9 Å². The van der Waals surface area contributed by atoms with Crippen molar-refractivity contribution in [3.8, 4) is 5.75 Å². The number of rotatable bonds is 5. The summed E-state index contributed by atoms with van der Waals surface area (Å²) >= 11 is 0. The van der Waals surface area contributed by atoms with Crippen molar-refractivity contribution >= 4 is 5.97 Å². The first-order chi connectivity index (χ1) is 16.0. The van der Waals surface area contributed by atoms with Gasteiger partial charge in [-0.05, 0) is 55.2 Å². The average molecular weight is 480 g/mol. The number of benzene rings is 2. The number of hydrogen-bond acceptors (Lipinski definition) is 4. The molecule has 0 bridgehead atoms. The summed E-state index contributed by atoms with van der Waals surface area (Å²) in [6, 6.07) is 5.44. The Kier molecular flexibility index (Phi) is 6.44. The van der Waals surface area contributed by atoms with E-state index in [0.29, 0.717) is 18.4 Å². The summed E-state index contributed by atoms with van der Waals surface area (Å²) in [4.78, 5) is 11.2. The van der Waals surface area contributed by atoms with Gasteiger partial charge in [-0.3, -0.25) is 0 Å². The van der Waals surface area contributed by atoms with E-state index in [9.17, 15) is 32.6 Å². The quantitative estimate of drug-likeness (QED) is 0.437. The van der Waals surface area contributed by atoms with Gasteiger partial charge in [0.25, 0.3) is 0 Å². The lowest BCUT2D eigenvalue weighted by molar-refractivity contribution is -0.0935. The van der Waals surface area contributed by atoms with Crippen molar-refractivity contribution in [3.05, 3.63) is 76.4 Å². The smallest absolute Gasteiger partial charge is 0.338 e. The molecule has 0 saturated heterocycles. The Labute approximate surface area is 193 Å². The van der Waals surface area contributed by atoms with E-state index in [4.69, 9.17) is 9.84 Å². The van der Waals surface area contributed by atoms with Crippen LogP contribution in [0.4, 0.5) is 17.6 Å². The molecule has 1 heterocycles. The Morgan fingerprint density at radius 3 is 2.65 bits per heavy atom. The normalized spacial score (nSPS) is 25.4. The van der Waals surface area contributed by atoms with Crippen LogP contribution < -0.4 is 4.74 Å². The Balaban J connectivity index is 1.55. The molecule has 0 aromatic heterocycles. The van der Waals surface area contributed by atoms with Crippen LogP contribution in [0.25, 0.3) is 0 Å². The summed E-state index contributed by atoms with van der Waals surface area (Å²) in [7, 11) is 0. The highest BCUT2D eigenvalue weighted by Gasteiger charge is 2.45. The van der Waals surface area contributed by atoms with Crippen LogP contribution in [-0.2, 0) is 12.3 Å². The fourth-order valence-electron chi connectivity index (χ4n) is 4.96. The molecule has 3 N–H and O–H groups in total. The number of carboxylic acid groups (broad SMARTS) is 1. The maximum Gasteiger partial charge on any atom is 0.338 e. The molecular formula is C25H24F4O5. The third-order valence-electron chi connectivity index (χ3n) is 6.75. The number of aromatic carboxylic acids is 1. The lowest BCUT2D eigenvalue weighted by atomic mass is 9.87. The van der Waals surface area contributed by atoms with Crippen molar-refractivity contribution < 1.29 is 42.4 Å². The molecule has 1 aliphatic heterocycles. The van der Waals surface area contributed by atoms with Gasteiger partial charge in [-0.2, -0.15) is 8.78 Å². The van der Waals surface area contributed by atoms with Crippen molar-refractivity contribution in [1.29, 1.82) is 0 Å². The fourth-order valence-corrected chi connectivity index (χ4v) is 4.96. The lowest BCUT2D eigenvalue weighted by Gasteiger charge is -2.24. The van der Waals surface area contributed by atoms with Gasteiger partial charge >= 0.3 is 11.9 Å². The van der Waals surface area contributed by atoms with Crippen LogP contribution in [0.2, 0.25) is 0 Å². The van der Waals surface area contributed by atoms with E-state index in [1.807, 2.05) is 0 Å². The molecule has 0 spiro atoms. The van der Waals surface area contributed by atoms with Crippen molar-refractivity contribution in [2.24, 2.45) is 11.8 Å². The van der Waals surface area contributed by atoms with Crippen molar-refractivity contribution in [3.63, 3.8) is 0 Å². The molecule has 1 unspecified atom stereocenters. The van der Waals surface area contributed by atoms with Gasteiger partial charge in [0.1, 0.15) is 18.0 Å². The van der Waals surface area contributed by atoms with E-state index in [0.717, 1.165) is 24.3 Å². The van der Waals surface area contributed by atoms with E-state index in [1.165, 1.54) is 25.1 Å². The number of hydrogen-bond donors (Lipinski definition) is 3. The number of carboxylic acids is 1. The lowest BCUT2D eigenvalue weighted by Crippen LogP contribution is -2.31. The molecule has 5 nitrogen and oxygen atoms in total. The highest BCUT2D eigenvalue weighted by Crippen LogP contribution is 2.44. The maximum atomic E-state index is 14.8. The first-order valence-electron chi connectivity index (χ1n) is 10.9. The van der Waals surface area contributed by atoms with E-state index >= 15 is 0 Å². The molecule has 0 radical (unpaired) electrons. The summed E-state index contributed by atoms with van der Waals surface area (Å²) in [6.07, 6.45) is -0.724. The van der Waals surface area contributed by atoms with Crippen LogP contribution in [0.15, 0.2) is 42.5 Å². The summed E-state index contributed by atoms with van der Waals surface area (Å²) in [6.45, 7) is 1.32. The van der Waals surface area contributed by atoms with Crippen LogP contribution in [0.5, 0.6) is 5.75 Å². The molecule has 0 amide bonds. The average Bonchev–Trinajstić information content (AvgIpc) is 2.93. The third-order valence-corrected chi connectivity index (χ3v) is 6.75. The van der Waals surface area contributed by atoms with Crippen molar-refractivity contribution in [2.75, 3.05) is 0 Å². The predicted molar refractivity (Wildman–Crippen MR) is 114 cm³/mol. The fraction of sp³-hybridized carbons (Fsp3) is 0.400. The molecule has 4 rings (SSSR count). The minimum atomic E-state index is -3.69. The Hall–Kier alpha value is -2.91. The monoisotopic (exact) mass is 480 g/mol. The third kappa shape index (κ3) is 4.30. The topological polar surface area (TPSA) is 87.0 Å². The Morgan fingerprint density at radius 1 is 1.24 bits per heavy atom. The first-order valence-corrected chi connectivity index (χ1v) is 10.9. The van der Waals surface area contributed by atoms with Gasteiger partial charge in [0.15, 0.2) is 11.6 Å². The molecule has 2 aliphatic rings. The minimum absolute atomic E-state index is 0.00361. The molecule has 2 aromatic rings. The largest absolute Gasteiger partial charge is 0.487 e. The minimum Gasteiger partial charge on any atom is -0.487 e. The summed E-state index contributed by atoms with van der Waals surface area (Å²) < 4.78 is 63.5. The highest BCUT2D eigenvalue weighted by atomic mass is 19.3. The summed E-state index contributed by atoms with van der Waals surface area (Å²) in [5, 5.41) is 29.9. The van der Waals surface area contributed by atoms with Gasteiger partial charge in [-0.15, -0.1) is 0 Å². The zero-order valence-corrected chi connectivity index (χ0v) is 18.2. The number of aliphatic hydroxyl groups is 2. The summed E-state index contributed by atoms with van der Waals surface area (Å²) in [5.41, 5.74) is -0.536. The van der Waals surface area contributed by atoms with Gasteiger partial charge in [-0.25, -0.2) is 13.6 Å². The van der Waals surface area contributed by atoms with Gasteiger partial charge in [-0.1, -0.05) is 18.2 Å². The molecule has 1 saturated carbocycles. The molecule has 1 fully saturated rings. The Morgan fingerprint density at radius 2 is 1.97 bits per heavy atom. The number of alkyl halides is 2. The zero-order valence-electron chi connectivity index (χ0n) is 18.2. The molecule has 34 heavy (non-hydrogen) atoms. The number of fused-ring (bicyclic) bond motifs is 2. The van der Waals surface area contributed by atoms with E-state index in [1.54, 1.807) is 0 Å². The van der Waals surface area contributed by atoms with Crippen LogP contribution in [0, 0.1) is 30.4 Å². The van der Waals surface area contributed by atoms with Gasteiger partial charge in [0.2, 0.25) is 0 Å². The second-order valence-corrected chi connectivity index (χ2v) is 8.87. The molecule has 1 aliphatic carbocycles. The maximum absolute atomic E-state index is 14.8. The summed E-state index contributed by atoms with van der Waals surface area (Å²) in [5.74, 6) is -7.93. The van der Waals surface area contributed by atoms with Gasteiger partial charge in [0, 0.05) is 23.8 Å². The number of aryl methyl sites for hydroxylation is 2. The van der Waals surface area contributed by atoms with Crippen molar-refractivity contribution in [1.82, 2.24) is 0 Å². The molecule has 5 atom stereocenters.